The monoisotopic (exact) mass is 443 g/mol. The van der Waals surface area contributed by atoms with Gasteiger partial charge in [0.25, 0.3) is 11.6 Å². The zero-order valence-electron chi connectivity index (χ0n) is 17.9. The van der Waals surface area contributed by atoms with E-state index in [1.807, 2.05) is 18.2 Å². The molecule has 0 bridgehead atoms. The number of imidazole rings is 1. The molecule has 2 aromatic carbocycles. The number of hydrogen-bond acceptors (Lipinski definition) is 5. The van der Waals surface area contributed by atoms with Crippen LogP contribution in [-0.2, 0) is 6.54 Å². The van der Waals surface area contributed by atoms with Crippen molar-refractivity contribution in [3.05, 3.63) is 87.0 Å². The van der Waals surface area contributed by atoms with Gasteiger partial charge >= 0.3 is 0 Å². The number of amides is 1. The number of nitro groups is 1. The zero-order valence-corrected chi connectivity index (χ0v) is 18.9. The molecule has 4 rings (SSSR count). The number of hydrogen-bond donors (Lipinski definition) is 1. The van der Waals surface area contributed by atoms with Crippen molar-refractivity contribution in [2.75, 3.05) is 0 Å². The Hall–Kier alpha value is -4.03. The quantitative estimate of drug-likeness (QED) is 0.289. The molecule has 0 radical (unpaired) electrons. The summed E-state index contributed by atoms with van der Waals surface area (Å²) in [5.74, 6) is 2.59. The molecule has 1 aliphatic rings. The maximum atomic E-state index is 11.9. The molecule has 1 amide bonds. The number of aromatic nitrogens is 2. The lowest BCUT2D eigenvalue weighted by Gasteiger charge is -2.13. The average molecular weight is 444 g/mol. The van der Waals surface area contributed by atoms with Crippen LogP contribution in [0.1, 0.15) is 32.9 Å². The number of nitrogens with zero attached hydrogens (tertiary/aromatic N) is 4. The van der Waals surface area contributed by atoms with Crippen molar-refractivity contribution < 1.29 is 9.72 Å². The molecule has 8 nitrogen and oxygen atoms in total. The van der Waals surface area contributed by atoms with Crippen LogP contribution in [0, 0.1) is 21.6 Å². The summed E-state index contributed by atoms with van der Waals surface area (Å²) in [5.41, 5.74) is 12.5. The molecule has 0 atom stereocenters. The van der Waals surface area contributed by atoms with Gasteiger partial charge in [-0.05, 0) is 24.3 Å². The minimum Gasteiger partial charge on any atom is -0.364 e. The second kappa shape index (κ2) is 7.90. The average Bonchev–Trinajstić information content (AvgIpc) is 3.09. The maximum Gasteiger partial charge on any atom is 0.278 e. The van der Waals surface area contributed by atoms with Crippen molar-refractivity contribution in [2.45, 2.75) is 26.2 Å². The Morgan fingerprint density at radius 2 is 1.94 bits per heavy atom. The van der Waals surface area contributed by atoms with Gasteiger partial charge in [0.1, 0.15) is 14.4 Å². The molecule has 0 saturated carbocycles. The summed E-state index contributed by atoms with van der Waals surface area (Å²) >= 11 is 0. The summed E-state index contributed by atoms with van der Waals surface area (Å²) in [5, 5.41) is 11.7. The van der Waals surface area contributed by atoms with Gasteiger partial charge in [0.05, 0.1) is 34.1 Å². The van der Waals surface area contributed by atoms with E-state index in [2.05, 4.69) is 41.1 Å². The first kappa shape index (κ1) is 21.2. The maximum absolute atomic E-state index is 11.9. The molecule has 0 fully saturated rings. The number of carbonyl (C=O) groups is 1. The summed E-state index contributed by atoms with van der Waals surface area (Å²) in [6.45, 7) is 6.58. The molecule has 1 aliphatic heterocycles. The van der Waals surface area contributed by atoms with Crippen molar-refractivity contribution in [1.29, 1.82) is 0 Å². The molecule has 160 valence electrons. The fraction of sp³-hybridized carbons (Fsp3) is 0.174. The summed E-state index contributed by atoms with van der Waals surface area (Å²) in [6, 6.07) is 12.1. The van der Waals surface area contributed by atoms with E-state index in [1.54, 1.807) is 22.8 Å². The standard InChI is InChI=1S/C23H21N5O3Si/c1-32(2,3)11-10-15-8-9-18-17(12-15)21(16-6-4-5-7-19(16)28(30)31)25-13-20-22(23(24)29)26-14-27(18)20/h4-9,12,14H,13H2,1-3H3,(H2,24,29). The van der Waals surface area contributed by atoms with Crippen LogP contribution in [0.3, 0.4) is 0 Å². The molecule has 2 heterocycles. The van der Waals surface area contributed by atoms with E-state index in [4.69, 9.17) is 5.73 Å². The van der Waals surface area contributed by atoms with Crippen molar-refractivity contribution in [3.8, 4) is 17.2 Å². The normalized spacial score (nSPS) is 12.5. The molecule has 0 spiro atoms. The number of primary amides is 1. The zero-order chi connectivity index (χ0) is 23.0. The molecule has 3 aromatic rings. The number of benzene rings is 2. The Kier molecular flexibility index (Phi) is 5.24. The first-order valence-corrected chi connectivity index (χ1v) is 13.5. The molecule has 0 unspecified atom stereocenters. The first-order valence-electron chi connectivity index (χ1n) is 9.98. The van der Waals surface area contributed by atoms with E-state index in [9.17, 15) is 14.9 Å². The Morgan fingerprint density at radius 1 is 1.19 bits per heavy atom. The van der Waals surface area contributed by atoms with Crippen LogP contribution in [0.15, 0.2) is 53.8 Å². The summed E-state index contributed by atoms with van der Waals surface area (Å²) in [4.78, 5) is 32.0. The minimum atomic E-state index is -1.60. The number of nitro benzene ring substituents is 1. The van der Waals surface area contributed by atoms with E-state index < -0.39 is 18.9 Å². The molecule has 9 heteroatoms. The predicted octanol–water partition coefficient (Wildman–Crippen LogP) is 3.46. The lowest BCUT2D eigenvalue weighted by Crippen LogP contribution is -2.16. The number of aliphatic imine (C=N–C) groups is 1. The topological polar surface area (TPSA) is 116 Å². The van der Waals surface area contributed by atoms with Crippen molar-refractivity contribution in [1.82, 2.24) is 9.55 Å². The molecular formula is C23H21N5O3Si. The third-order valence-corrected chi connectivity index (χ3v) is 5.81. The summed E-state index contributed by atoms with van der Waals surface area (Å²) < 4.78 is 1.76. The van der Waals surface area contributed by atoms with E-state index in [0.29, 0.717) is 28.2 Å². The van der Waals surface area contributed by atoms with Crippen LogP contribution in [0.5, 0.6) is 0 Å². The van der Waals surface area contributed by atoms with Crippen molar-refractivity contribution >= 4 is 25.4 Å². The highest BCUT2D eigenvalue weighted by Gasteiger charge is 2.27. The van der Waals surface area contributed by atoms with Gasteiger partial charge in [-0.2, -0.15) is 0 Å². The smallest absolute Gasteiger partial charge is 0.278 e. The fourth-order valence-electron chi connectivity index (χ4n) is 3.51. The van der Waals surface area contributed by atoms with E-state index in [0.717, 1.165) is 5.56 Å². The fourth-order valence-corrected chi connectivity index (χ4v) is 4.03. The third kappa shape index (κ3) is 3.96. The largest absolute Gasteiger partial charge is 0.364 e. The predicted molar refractivity (Wildman–Crippen MR) is 125 cm³/mol. The Balaban J connectivity index is 1.99. The minimum absolute atomic E-state index is 0.0457. The number of rotatable bonds is 3. The summed E-state index contributed by atoms with van der Waals surface area (Å²) in [7, 11) is -1.60. The van der Waals surface area contributed by atoms with Gasteiger partial charge in [-0.25, -0.2) is 4.98 Å². The number of para-hydroxylation sites is 1. The number of fused-ring (bicyclic) bond motifs is 3. The van der Waals surface area contributed by atoms with E-state index in [-0.39, 0.29) is 17.9 Å². The van der Waals surface area contributed by atoms with E-state index >= 15 is 0 Å². The van der Waals surface area contributed by atoms with E-state index in [1.165, 1.54) is 12.4 Å². The Morgan fingerprint density at radius 3 is 2.62 bits per heavy atom. The third-order valence-electron chi connectivity index (χ3n) is 4.94. The Bertz CT molecular complexity index is 1360. The van der Waals surface area contributed by atoms with Crippen molar-refractivity contribution in [3.63, 3.8) is 0 Å². The van der Waals surface area contributed by atoms with Crippen LogP contribution in [0.25, 0.3) is 5.69 Å². The molecule has 32 heavy (non-hydrogen) atoms. The van der Waals surface area contributed by atoms with Gasteiger partial charge < -0.3 is 5.73 Å². The Labute approximate surface area is 186 Å². The van der Waals surface area contributed by atoms with Gasteiger partial charge in [-0.3, -0.25) is 24.5 Å². The van der Waals surface area contributed by atoms with Crippen LogP contribution in [0.4, 0.5) is 5.69 Å². The van der Waals surface area contributed by atoms with Crippen LogP contribution in [-0.4, -0.2) is 34.2 Å². The number of carbonyl (C=O) groups excluding carboxylic acids is 1. The second-order valence-electron chi connectivity index (χ2n) is 8.45. The van der Waals surface area contributed by atoms with Gasteiger partial charge in [-0.1, -0.05) is 37.7 Å². The summed E-state index contributed by atoms with van der Waals surface area (Å²) in [6.07, 6.45) is 1.53. The van der Waals surface area contributed by atoms with Gasteiger partial charge in [0, 0.05) is 17.2 Å². The number of nitrogens with two attached hydrogens (primary N) is 1. The van der Waals surface area contributed by atoms with Crippen LogP contribution >= 0.6 is 0 Å². The second-order valence-corrected chi connectivity index (χ2v) is 13.2. The lowest BCUT2D eigenvalue weighted by atomic mass is 9.97. The van der Waals surface area contributed by atoms with Crippen LogP contribution in [0.2, 0.25) is 19.6 Å². The highest BCUT2D eigenvalue weighted by atomic mass is 28.3. The molecule has 0 aliphatic carbocycles. The molecule has 1 aromatic heterocycles. The highest BCUT2D eigenvalue weighted by Crippen LogP contribution is 2.30. The lowest BCUT2D eigenvalue weighted by molar-refractivity contribution is -0.385. The molecule has 0 saturated heterocycles. The van der Waals surface area contributed by atoms with Crippen LogP contribution < -0.4 is 5.73 Å². The highest BCUT2D eigenvalue weighted by molar-refractivity contribution is 6.83. The van der Waals surface area contributed by atoms with Gasteiger partial charge in [0.2, 0.25) is 0 Å². The molecular weight excluding hydrogens is 422 g/mol. The SMILES string of the molecule is C[Si](C)(C)C#Cc1ccc2c(c1)C(c1ccccc1[N+](=O)[O-])=NCc1c(C(N)=O)ncn1-2. The van der Waals surface area contributed by atoms with Gasteiger partial charge in [-0.15, -0.1) is 5.54 Å². The molecule has 2 N–H and O–H groups in total. The first-order chi connectivity index (χ1) is 15.2. The van der Waals surface area contributed by atoms with Gasteiger partial charge in [0.15, 0.2) is 5.69 Å². The van der Waals surface area contributed by atoms with Crippen molar-refractivity contribution in [2.24, 2.45) is 10.7 Å².